The fourth-order valence-corrected chi connectivity index (χ4v) is 10.1. The smallest absolute Gasteiger partial charge is 0.160 e. The SMILES string of the molecule is c1ccc(-c2cc(-c3ccc(-n4c5ccccc5c5ccccc54)cc3)nc(-c3cccc(-c4cccc5c4nc(-c4ccccc4)c4sc6ccccc6c45)c3)n2)cc1. The Labute approximate surface area is 350 Å². The van der Waals surface area contributed by atoms with Gasteiger partial charge in [0, 0.05) is 65.1 Å². The second-order valence-electron chi connectivity index (χ2n) is 15.2. The molecular weight excluding hydrogens is 749 g/mol. The van der Waals surface area contributed by atoms with Crippen molar-refractivity contribution >= 4 is 64.2 Å². The first-order valence-electron chi connectivity index (χ1n) is 20.2. The molecule has 0 spiro atoms. The molecule has 60 heavy (non-hydrogen) atoms. The van der Waals surface area contributed by atoms with Crippen molar-refractivity contribution in [3.05, 3.63) is 206 Å². The zero-order valence-electron chi connectivity index (χ0n) is 32.3. The Bertz CT molecular complexity index is 3530. The molecule has 0 fully saturated rings. The van der Waals surface area contributed by atoms with Crippen molar-refractivity contribution in [1.82, 2.24) is 19.5 Å². The van der Waals surface area contributed by atoms with E-state index in [1.54, 1.807) is 0 Å². The van der Waals surface area contributed by atoms with Crippen molar-refractivity contribution in [2.75, 3.05) is 0 Å². The molecule has 280 valence electrons. The number of aromatic nitrogens is 4. The second-order valence-corrected chi connectivity index (χ2v) is 16.2. The van der Waals surface area contributed by atoms with Gasteiger partial charge < -0.3 is 4.57 Å². The molecule has 8 aromatic carbocycles. The van der Waals surface area contributed by atoms with Crippen molar-refractivity contribution in [2.45, 2.75) is 0 Å². The Balaban J connectivity index is 1.00. The quantitative estimate of drug-likeness (QED) is 0.169. The molecule has 4 heterocycles. The van der Waals surface area contributed by atoms with Crippen LogP contribution in [0.25, 0.3) is 115 Å². The van der Waals surface area contributed by atoms with Gasteiger partial charge in [-0.15, -0.1) is 11.3 Å². The van der Waals surface area contributed by atoms with Crippen LogP contribution in [0.4, 0.5) is 0 Å². The van der Waals surface area contributed by atoms with Crippen molar-refractivity contribution < 1.29 is 0 Å². The Hall–Kier alpha value is -7.73. The van der Waals surface area contributed by atoms with E-state index in [1.807, 2.05) is 17.4 Å². The molecule has 0 atom stereocenters. The van der Waals surface area contributed by atoms with E-state index in [9.17, 15) is 0 Å². The van der Waals surface area contributed by atoms with Crippen LogP contribution in [0.2, 0.25) is 0 Å². The molecule has 4 nitrogen and oxygen atoms in total. The predicted octanol–water partition coefficient (Wildman–Crippen LogP) is 14.8. The average molecular weight is 783 g/mol. The number of hydrogen-bond donors (Lipinski definition) is 0. The second kappa shape index (κ2) is 14.0. The Morgan fingerprint density at radius 3 is 1.65 bits per heavy atom. The molecule has 0 radical (unpaired) electrons. The molecular formula is C55H34N4S. The minimum atomic E-state index is 0.670. The van der Waals surface area contributed by atoms with Gasteiger partial charge in [-0.25, -0.2) is 15.0 Å². The highest BCUT2D eigenvalue weighted by molar-refractivity contribution is 7.26. The summed E-state index contributed by atoms with van der Waals surface area (Å²) in [5.41, 5.74) is 13.5. The number of benzene rings is 8. The van der Waals surface area contributed by atoms with Crippen LogP contribution in [-0.2, 0) is 0 Å². The molecule has 12 rings (SSSR count). The summed E-state index contributed by atoms with van der Waals surface area (Å²) in [6.45, 7) is 0. The molecule has 0 aliphatic carbocycles. The molecule has 0 aliphatic rings. The van der Waals surface area contributed by atoms with Gasteiger partial charge in [-0.05, 0) is 48.0 Å². The van der Waals surface area contributed by atoms with Gasteiger partial charge in [-0.2, -0.15) is 0 Å². The van der Waals surface area contributed by atoms with Crippen LogP contribution in [0.3, 0.4) is 0 Å². The van der Waals surface area contributed by atoms with Crippen LogP contribution in [0.5, 0.6) is 0 Å². The minimum absolute atomic E-state index is 0.670. The summed E-state index contributed by atoms with van der Waals surface area (Å²) < 4.78 is 4.82. The first kappa shape index (κ1) is 34.3. The summed E-state index contributed by atoms with van der Waals surface area (Å²) in [6.07, 6.45) is 0. The number of nitrogens with zero attached hydrogens (tertiary/aromatic N) is 4. The van der Waals surface area contributed by atoms with Gasteiger partial charge in [0.25, 0.3) is 0 Å². The van der Waals surface area contributed by atoms with Gasteiger partial charge in [0.15, 0.2) is 5.82 Å². The van der Waals surface area contributed by atoms with Crippen LogP contribution in [0, 0.1) is 0 Å². The number of pyridine rings is 1. The van der Waals surface area contributed by atoms with Gasteiger partial charge in [0.2, 0.25) is 0 Å². The summed E-state index contributed by atoms with van der Waals surface area (Å²) in [5.74, 6) is 0.670. The van der Waals surface area contributed by atoms with E-state index < -0.39 is 0 Å². The van der Waals surface area contributed by atoms with Gasteiger partial charge in [-0.1, -0.05) is 164 Å². The van der Waals surface area contributed by atoms with Crippen LogP contribution in [-0.4, -0.2) is 19.5 Å². The monoisotopic (exact) mass is 782 g/mol. The summed E-state index contributed by atoms with van der Waals surface area (Å²) in [4.78, 5) is 16.0. The molecule has 0 aliphatic heterocycles. The number of rotatable bonds is 6. The number of fused-ring (bicyclic) bond motifs is 8. The summed E-state index contributed by atoms with van der Waals surface area (Å²) in [5, 5.41) is 6.16. The Morgan fingerprint density at radius 1 is 0.383 bits per heavy atom. The fourth-order valence-electron chi connectivity index (χ4n) is 8.82. The van der Waals surface area contributed by atoms with Crippen LogP contribution in [0.1, 0.15) is 0 Å². The Morgan fingerprint density at radius 2 is 0.933 bits per heavy atom. The van der Waals surface area contributed by atoms with Crippen molar-refractivity contribution in [3.8, 4) is 62.0 Å². The van der Waals surface area contributed by atoms with Gasteiger partial charge in [0.05, 0.1) is 38.3 Å². The maximum absolute atomic E-state index is 5.49. The number of hydrogen-bond acceptors (Lipinski definition) is 4. The van der Waals surface area contributed by atoms with Crippen molar-refractivity contribution in [3.63, 3.8) is 0 Å². The van der Waals surface area contributed by atoms with Gasteiger partial charge in [-0.3, -0.25) is 0 Å². The minimum Gasteiger partial charge on any atom is -0.309 e. The first-order chi connectivity index (χ1) is 29.7. The van der Waals surface area contributed by atoms with Crippen molar-refractivity contribution in [2.24, 2.45) is 0 Å². The zero-order valence-corrected chi connectivity index (χ0v) is 33.1. The maximum Gasteiger partial charge on any atom is 0.160 e. The highest BCUT2D eigenvalue weighted by Crippen LogP contribution is 2.45. The first-order valence-corrected chi connectivity index (χ1v) is 21.0. The molecule has 0 bridgehead atoms. The zero-order chi connectivity index (χ0) is 39.6. The van der Waals surface area contributed by atoms with E-state index in [-0.39, 0.29) is 0 Å². The van der Waals surface area contributed by atoms with E-state index in [2.05, 4.69) is 205 Å². The molecule has 0 saturated heterocycles. The largest absolute Gasteiger partial charge is 0.309 e. The third-order valence-electron chi connectivity index (χ3n) is 11.6. The molecule has 0 saturated carbocycles. The molecule has 5 heteroatoms. The van der Waals surface area contributed by atoms with E-state index in [0.717, 1.165) is 67.1 Å². The highest BCUT2D eigenvalue weighted by atomic mass is 32.1. The molecule has 0 unspecified atom stereocenters. The predicted molar refractivity (Wildman–Crippen MR) is 252 cm³/mol. The van der Waals surface area contributed by atoms with Gasteiger partial charge in [0.1, 0.15) is 0 Å². The summed E-state index contributed by atoms with van der Waals surface area (Å²) in [6, 6.07) is 72.9. The normalized spacial score (nSPS) is 11.7. The van der Waals surface area contributed by atoms with Crippen LogP contribution >= 0.6 is 11.3 Å². The lowest BCUT2D eigenvalue weighted by molar-refractivity contribution is 1.17. The fraction of sp³-hybridized carbons (Fsp3) is 0. The van der Waals surface area contributed by atoms with Crippen LogP contribution in [0.15, 0.2) is 206 Å². The van der Waals surface area contributed by atoms with E-state index in [1.165, 1.54) is 42.0 Å². The third kappa shape index (κ3) is 5.63. The molecule has 0 N–H and O–H groups in total. The lowest BCUT2D eigenvalue weighted by Crippen LogP contribution is -1.97. The topological polar surface area (TPSA) is 43.6 Å². The number of para-hydroxylation sites is 3. The molecule has 4 aromatic heterocycles. The Kier molecular flexibility index (Phi) is 8.00. The van der Waals surface area contributed by atoms with Gasteiger partial charge >= 0.3 is 0 Å². The van der Waals surface area contributed by atoms with E-state index in [4.69, 9.17) is 15.0 Å². The van der Waals surface area contributed by atoms with E-state index >= 15 is 0 Å². The number of thiophene rings is 1. The standard InChI is InChI=1S/C55H34N4S/c1-3-15-35(16-4-1)46-34-47(36-29-31-40(32-30-36)59-48-26-10-7-21-42(48)43-22-8-11-27-49(43)59)57-55(56-46)39-20-13-19-38(33-39)41-24-14-25-45-51-44-23-9-12-28-50(44)60-54(51)52(58-53(41)45)37-17-5-2-6-18-37/h1-34H. The highest BCUT2D eigenvalue weighted by Gasteiger charge is 2.19. The average Bonchev–Trinajstić information content (AvgIpc) is 3.88. The van der Waals surface area contributed by atoms with Crippen LogP contribution < -0.4 is 0 Å². The molecule has 12 aromatic rings. The summed E-state index contributed by atoms with van der Waals surface area (Å²) >= 11 is 1.82. The molecule has 0 amide bonds. The lowest BCUT2D eigenvalue weighted by atomic mass is 9.96. The van der Waals surface area contributed by atoms with E-state index in [0.29, 0.717) is 5.82 Å². The summed E-state index contributed by atoms with van der Waals surface area (Å²) in [7, 11) is 0. The van der Waals surface area contributed by atoms with Crippen molar-refractivity contribution in [1.29, 1.82) is 0 Å². The third-order valence-corrected chi connectivity index (χ3v) is 12.8. The maximum atomic E-state index is 5.49. The lowest BCUT2D eigenvalue weighted by Gasteiger charge is -2.13.